The molecule has 0 aromatic heterocycles. The van der Waals surface area contributed by atoms with Crippen LogP contribution in [0.2, 0.25) is 0 Å². The standard InChI is InChI=1S/C21H17NO5/c23-19(21(25)26)15-5-7-16(8-6-15)20(24)22-11-12-27-18-10-9-14-3-1-2-4-17(14)13-18/h1-10,13H,11-12H2,(H,22,24)(H,25,26). The lowest BCUT2D eigenvalue weighted by Crippen LogP contribution is -2.28. The Hall–Kier alpha value is -3.67. The number of carboxylic acid groups (broad SMARTS) is 1. The van der Waals surface area contributed by atoms with Crippen molar-refractivity contribution in [2.75, 3.05) is 13.2 Å². The largest absolute Gasteiger partial charge is 0.492 e. The average molecular weight is 363 g/mol. The number of hydrogen-bond donors (Lipinski definition) is 2. The summed E-state index contributed by atoms with van der Waals surface area (Å²) >= 11 is 0. The molecule has 0 bridgehead atoms. The maximum Gasteiger partial charge on any atom is 0.377 e. The summed E-state index contributed by atoms with van der Waals surface area (Å²) in [5.41, 5.74) is 0.362. The Bertz CT molecular complexity index is 995. The highest BCUT2D eigenvalue weighted by Crippen LogP contribution is 2.20. The molecule has 0 saturated carbocycles. The first kappa shape index (κ1) is 18.1. The number of nitrogens with one attached hydrogen (secondary N) is 1. The first-order valence-corrected chi connectivity index (χ1v) is 8.32. The first-order chi connectivity index (χ1) is 13.0. The Morgan fingerprint density at radius 2 is 1.52 bits per heavy atom. The van der Waals surface area contributed by atoms with E-state index in [4.69, 9.17) is 9.84 Å². The third-order valence-electron chi connectivity index (χ3n) is 3.98. The molecule has 2 N–H and O–H groups in total. The van der Waals surface area contributed by atoms with E-state index in [0.717, 1.165) is 16.5 Å². The number of hydrogen-bond acceptors (Lipinski definition) is 4. The molecule has 0 aliphatic rings. The third-order valence-corrected chi connectivity index (χ3v) is 3.98. The van der Waals surface area contributed by atoms with Crippen molar-refractivity contribution in [2.24, 2.45) is 0 Å². The van der Waals surface area contributed by atoms with Crippen LogP contribution in [-0.2, 0) is 4.79 Å². The molecule has 0 heterocycles. The van der Waals surface area contributed by atoms with Gasteiger partial charge in [0, 0.05) is 11.1 Å². The van der Waals surface area contributed by atoms with E-state index in [9.17, 15) is 14.4 Å². The Kier molecular flexibility index (Phi) is 5.47. The maximum absolute atomic E-state index is 12.1. The van der Waals surface area contributed by atoms with Crippen molar-refractivity contribution in [1.82, 2.24) is 5.32 Å². The number of Topliss-reactive ketones (excluding diaryl/α,β-unsaturated/α-hetero) is 1. The second-order valence-electron chi connectivity index (χ2n) is 5.82. The molecule has 0 atom stereocenters. The smallest absolute Gasteiger partial charge is 0.377 e. The van der Waals surface area contributed by atoms with Crippen molar-refractivity contribution >= 4 is 28.4 Å². The van der Waals surface area contributed by atoms with Crippen LogP contribution in [0, 0.1) is 0 Å². The molecule has 0 fully saturated rings. The molecule has 0 spiro atoms. The van der Waals surface area contributed by atoms with E-state index in [1.165, 1.54) is 24.3 Å². The lowest BCUT2D eigenvalue weighted by atomic mass is 10.1. The van der Waals surface area contributed by atoms with Gasteiger partial charge in [-0.3, -0.25) is 9.59 Å². The van der Waals surface area contributed by atoms with E-state index in [0.29, 0.717) is 18.7 Å². The van der Waals surface area contributed by atoms with E-state index < -0.39 is 11.8 Å². The molecule has 0 unspecified atom stereocenters. The molecule has 3 aromatic carbocycles. The molecular formula is C21H17NO5. The number of carbonyl (C=O) groups is 3. The third kappa shape index (κ3) is 4.49. The average Bonchev–Trinajstić information content (AvgIpc) is 2.70. The molecule has 0 radical (unpaired) electrons. The number of amides is 1. The number of carbonyl (C=O) groups excluding carboxylic acids is 2. The Morgan fingerprint density at radius 1 is 0.852 bits per heavy atom. The Balaban J connectivity index is 1.50. The molecule has 0 aliphatic carbocycles. The van der Waals surface area contributed by atoms with Crippen LogP contribution >= 0.6 is 0 Å². The Morgan fingerprint density at radius 3 is 2.22 bits per heavy atom. The minimum Gasteiger partial charge on any atom is -0.492 e. The number of rotatable bonds is 7. The van der Waals surface area contributed by atoms with Gasteiger partial charge in [0.05, 0.1) is 6.54 Å². The van der Waals surface area contributed by atoms with Crippen molar-refractivity contribution in [3.63, 3.8) is 0 Å². The van der Waals surface area contributed by atoms with Gasteiger partial charge in [-0.25, -0.2) is 4.79 Å². The van der Waals surface area contributed by atoms with E-state index in [2.05, 4.69) is 5.32 Å². The monoisotopic (exact) mass is 363 g/mol. The van der Waals surface area contributed by atoms with Crippen LogP contribution in [0.3, 0.4) is 0 Å². The summed E-state index contributed by atoms with van der Waals surface area (Å²) < 4.78 is 5.65. The number of ketones is 1. The minimum absolute atomic E-state index is 0.0266. The van der Waals surface area contributed by atoms with E-state index >= 15 is 0 Å². The summed E-state index contributed by atoms with van der Waals surface area (Å²) in [6.07, 6.45) is 0. The highest BCUT2D eigenvalue weighted by Gasteiger charge is 2.14. The van der Waals surface area contributed by atoms with Crippen LogP contribution in [0.1, 0.15) is 20.7 Å². The molecule has 6 heteroatoms. The molecule has 6 nitrogen and oxygen atoms in total. The second kappa shape index (κ2) is 8.14. The van der Waals surface area contributed by atoms with Crippen molar-refractivity contribution in [2.45, 2.75) is 0 Å². The van der Waals surface area contributed by atoms with Crippen LogP contribution in [0.5, 0.6) is 5.75 Å². The zero-order valence-electron chi connectivity index (χ0n) is 14.3. The van der Waals surface area contributed by atoms with Gasteiger partial charge in [0.15, 0.2) is 0 Å². The fraction of sp³-hybridized carbons (Fsp3) is 0.0952. The van der Waals surface area contributed by atoms with Crippen LogP contribution < -0.4 is 10.1 Å². The maximum atomic E-state index is 12.1. The zero-order valence-corrected chi connectivity index (χ0v) is 14.3. The van der Waals surface area contributed by atoms with Gasteiger partial charge in [0.2, 0.25) is 0 Å². The van der Waals surface area contributed by atoms with Gasteiger partial charge in [0.1, 0.15) is 12.4 Å². The van der Waals surface area contributed by atoms with Crippen molar-refractivity contribution < 1.29 is 24.2 Å². The van der Waals surface area contributed by atoms with Crippen LogP contribution in [-0.4, -0.2) is 35.9 Å². The SMILES string of the molecule is O=C(O)C(=O)c1ccc(C(=O)NCCOc2ccc3ccccc3c2)cc1. The van der Waals surface area contributed by atoms with Gasteiger partial charge in [-0.2, -0.15) is 0 Å². The summed E-state index contributed by atoms with van der Waals surface area (Å²) in [5.74, 6) is -2.14. The molecule has 0 aliphatic heterocycles. The molecule has 0 saturated heterocycles. The normalized spacial score (nSPS) is 10.4. The molecule has 27 heavy (non-hydrogen) atoms. The molecular weight excluding hydrogens is 346 g/mol. The topological polar surface area (TPSA) is 92.7 Å². The highest BCUT2D eigenvalue weighted by molar-refractivity contribution is 6.39. The lowest BCUT2D eigenvalue weighted by Gasteiger charge is -2.09. The van der Waals surface area contributed by atoms with Gasteiger partial charge >= 0.3 is 5.97 Å². The Labute approximate surface area is 155 Å². The fourth-order valence-electron chi connectivity index (χ4n) is 2.59. The van der Waals surface area contributed by atoms with E-state index in [1.807, 2.05) is 42.5 Å². The first-order valence-electron chi connectivity index (χ1n) is 8.32. The van der Waals surface area contributed by atoms with Gasteiger partial charge in [0.25, 0.3) is 11.7 Å². The summed E-state index contributed by atoms with van der Waals surface area (Å²) in [7, 11) is 0. The summed E-state index contributed by atoms with van der Waals surface area (Å²) in [5, 5.41) is 13.6. The van der Waals surface area contributed by atoms with E-state index in [1.54, 1.807) is 0 Å². The number of carboxylic acids is 1. The minimum atomic E-state index is -1.53. The zero-order chi connectivity index (χ0) is 19.2. The number of benzene rings is 3. The summed E-state index contributed by atoms with van der Waals surface area (Å²) in [4.78, 5) is 34.1. The molecule has 136 valence electrons. The van der Waals surface area contributed by atoms with Crippen molar-refractivity contribution in [3.8, 4) is 5.75 Å². The van der Waals surface area contributed by atoms with Gasteiger partial charge in [-0.1, -0.05) is 30.3 Å². The fourth-order valence-corrected chi connectivity index (χ4v) is 2.59. The highest BCUT2D eigenvalue weighted by atomic mass is 16.5. The lowest BCUT2D eigenvalue weighted by molar-refractivity contribution is -0.131. The molecule has 1 amide bonds. The predicted molar refractivity (Wildman–Crippen MR) is 100 cm³/mol. The molecule has 3 rings (SSSR count). The second-order valence-corrected chi connectivity index (χ2v) is 5.82. The number of ether oxygens (including phenoxy) is 1. The van der Waals surface area contributed by atoms with E-state index in [-0.39, 0.29) is 11.5 Å². The summed E-state index contributed by atoms with van der Waals surface area (Å²) in [6, 6.07) is 19.2. The predicted octanol–water partition coefficient (Wildman–Crippen LogP) is 2.92. The van der Waals surface area contributed by atoms with Crippen LogP contribution in [0.25, 0.3) is 10.8 Å². The number of aliphatic carboxylic acids is 1. The molecule has 3 aromatic rings. The van der Waals surface area contributed by atoms with Gasteiger partial charge < -0.3 is 15.2 Å². The van der Waals surface area contributed by atoms with Gasteiger partial charge in [-0.15, -0.1) is 0 Å². The van der Waals surface area contributed by atoms with Crippen molar-refractivity contribution in [3.05, 3.63) is 77.9 Å². The number of fused-ring (bicyclic) bond motifs is 1. The summed E-state index contributed by atoms with van der Waals surface area (Å²) in [6.45, 7) is 0.612. The van der Waals surface area contributed by atoms with Crippen molar-refractivity contribution in [1.29, 1.82) is 0 Å². The van der Waals surface area contributed by atoms with Crippen LogP contribution in [0.4, 0.5) is 0 Å². The van der Waals surface area contributed by atoms with Crippen LogP contribution in [0.15, 0.2) is 66.7 Å². The quantitative estimate of drug-likeness (QED) is 0.382. The van der Waals surface area contributed by atoms with Gasteiger partial charge in [-0.05, 0) is 47.2 Å².